The first-order valence-electron chi connectivity index (χ1n) is 9.33. The molecule has 3 nitrogen and oxygen atoms in total. The largest absolute Gasteiger partial charge is 0.356 e. The van der Waals surface area contributed by atoms with Crippen molar-refractivity contribution in [3.63, 3.8) is 0 Å². The molecule has 0 aliphatic heterocycles. The Morgan fingerprint density at radius 1 is 0.923 bits per heavy atom. The van der Waals surface area contributed by atoms with Crippen LogP contribution in [0.2, 0.25) is 0 Å². The van der Waals surface area contributed by atoms with Gasteiger partial charge in [0.1, 0.15) is 0 Å². The molecule has 0 radical (unpaired) electrons. The van der Waals surface area contributed by atoms with Crippen molar-refractivity contribution in [1.82, 2.24) is 9.88 Å². The van der Waals surface area contributed by atoms with Crippen molar-refractivity contribution >= 4 is 28.6 Å². The van der Waals surface area contributed by atoms with Crippen LogP contribution in [0.1, 0.15) is 39.0 Å². The van der Waals surface area contributed by atoms with Crippen LogP contribution in [0, 0.1) is 0 Å². The van der Waals surface area contributed by atoms with Crippen LogP contribution in [-0.2, 0) is 11.3 Å². The van der Waals surface area contributed by atoms with Crippen molar-refractivity contribution in [2.24, 2.45) is 0 Å². The summed E-state index contributed by atoms with van der Waals surface area (Å²) < 4.78 is 2.47. The van der Waals surface area contributed by atoms with Gasteiger partial charge in [0.15, 0.2) is 0 Å². The molecule has 3 rings (SSSR count). The summed E-state index contributed by atoms with van der Waals surface area (Å²) in [5.41, 5.74) is 2.64. The monoisotopic (exact) mass is 386 g/mol. The van der Waals surface area contributed by atoms with Gasteiger partial charge >= 0.3 is 0 Å². The van der Waals surface area contributed by atoms with Crippen LogP contribution < -0.4 is 5.32 Å². The minimum atomic E-state index is 0.151. The zero-order valence-corrected chi connectivity index (χ0v) is 16.9. The second-order valence-electron chi connectivity index (χ2n) is 6.33. The molecule has 1 N–H and O–H groups in total. The summed E-state index contributed by atoms with van der Waals surface area (Å²) in [6.45, 7) is 3.73. The van der Waals surface area contributed by atoms with Gasteiger partial charge in [-0.1, -0.05) is 31.9 Å². The van der Waals surface area contributed by atoms with Crippen molar-refractivity contribution in [2.75, 3.05) is 6.54 Å². The van der Waals surface area contributed by atoms with Gasteiger partial charge in [-0.3, -0.25) is 4.79 Å². The molecular weight excluding hydrogens is 360 g/mol. The number of nitrogens with zero attached hydrogens (tertiary/aromatic N) is 1. The Bertz CT molecular complexity index is 736. The molecule has 0 aliphatic rings. The average molecular weight is 387 g/mol. The average Bonchev–Trinajstić information content (AvgIpc) is 3.40. The summed E-state index contributed by atoms with van der Waals surface area (Å²) in [5.74, 6) is 0.151. The first kappa shape index (κ1) is 18.9. The fraction of sp³-hybridized carbons (Fsp3) is 0.381. The van der Waals surface area contributed by atoms with Crippen LogP contribution in [0.3, 0.4) is 0 Å². The van der Waals surface area contributed by atoms with E-state index in [4.69, 9.17) is 0 Å². The van der Waals surface area contributed by atoms with E-state index >= 15 is 0 Å². The molecule has 0 atom stereocenters. The van der Waals surface area contributed by atoms with Gasteiger partial charge in [0.05, 0.1) is 21.1 Å². The molecule has 0 spiro atoms. The van der Waals surface area contributed by atoms with Crippen LogP contribution in [0.5, 0.6) is 0 Å². The van der Waals surface area contributed by atoms with Crippen LogP contribution in [0.15, 0.2) is 47.2 Å². The van der Waals surface area contributed by atoms with E-state index < -0.39 is 0 Å². The number of carbonyl (C=O) groups excluding carboxylic acids is 1. The number of hydrogen-bond donors (Lipinski definition) is 1. The number of thiophene rings is 2. The van der Waals surface area contributed by atoms with Crippen molar-refractivity contribution in [1.29, 1.82) is 0 Å². The Morgan fingerprint density at radius 2 is 1.54 bits per heavy atom. The molecule has 3 aromatic rings. The lowest BCUT2D eigenvalue weighted by Gasteiger charge is -2.12. The quantitative estimate of drug-likeness (QED) is 0.424. The molecule has 3 aromatic heterocycles. The molecule has 0 aliphatic carbocycles. The number of aromatic nitrogens is 1. The Balaban J connectivity index is 1.58. The molecule has 0 fully saturated rings. The summed E-state index contributed by atoms with van der Waals surface area (Å²) in [4.78, 5) is 13.9. The van der Waals surface area contributed by atoms with E-state index in [1.807, 2.05) is 6.92 Å². The van der Waals surface area contributed by atoms with Gasteiger partial charge in [-0.25, -0.2) is 0 Å². The molecule has 0 saturated heterocycles. The SMILES string of the molecule is CCC(=O)NCCCCCCn1c(-c2cccs2)ccc1-c1cccs1. The number of hydrogen-bond acceptors (Lipinski definition) is 3. The topological polar surface area (TPSA) is 34.0 Å². The zero-order chi connectivity index (χ0) is 18.2. The summed E-state index contributed by atoms with van der Waals surface area (Å²) >= 11 is 3.60. The van der Waals surface area contributed by atoms with Crippen molar-refractivity contribution in [2.45, 2.75) is 45.6 Å². The Hall–Kier alpha value is -1.85. The first-order valence-corrected chi connectivity index (χ1v) is 11.1. The van der Waals surface area contributed by atoms with E-state index in [0.717, 1.165) is 32.4 Å². The maximum atomic E-state index is 11.2. The number of rotatable bonds is 10. The predicted octanol–water partition coefficient (Wildman–Crippen LogP) is 6.03. The Labute approximate surface area is 163 Å². The zero-order valence-electron chi connectivity index (χ0n) is 15.2. The Kier molecular flexibility index (Phi) is 7.09. The smallest absolute Gasteiger partial charge is 0.219 e. The minimum absolute atomic E-state index is 0.151. The second kappa shape index (κ2) is 9.74. The summed E-state index contributed by atoms with van der Waals surface area (Å²) in [6.07, 6.45) is 5.15. The van der Waals surface area contributed by atoms with E-state index in [1.54, 1.807) is 22.7 Å². The summed E-state index contributed by atoms with van der Waals surface area (Å²) in [7, 11) is 0. The van der Waals surface area contributed by atoms with Crippen LogP contribution in [0.4, 0.5) is 0 Å². The number of unbranched alkanes of at least 4 members (excludes halogenated alkanes) is 3. The van der Waals surface area contributed by atoms with E-state index in [2.05, 4.69) is 57.0 Å². The van der Waals surface area contributed by atoms with Crippen LogP contribution in [-0.4, -0.2) is 17.0 Å². The van der Waals surface area contributed by atoms with Gasteiger partial charge in [-0.2, -0.15) is 0 Å². The molecular formula is C21H26N2OS2. The summed E-state index contributed by atoms with van der Waals surface area (Å²) in [6, 6.07) is 13.1. The van der Waals surface area contributed by atoms with Gasteiger partial charge < -0.3 is 9.88 Å². The van der Waals surface area contributed by atoms with Crippen molar-refractivity contribution in [3.8, 4) is 21.1 Å². The third-order valence-electron chi connectivity index (χ3n) is 4.48. The summed E-state index contributed by atoms with van der Waals surface area (Å²) in [5, 5.41) is 7.23. The standard InChI is InChI=1S/C21H26N2OS2/c1-2-21(24)22-13-5-3-4-6-14-23-17(19-9-7-15-25-19)11-12-18(23)20-10-8-16-26-20/h7-12,15-16H,2-6,13-14H2,1H3,(H,22,24). The van der Waals surface area contributed by atoms with Gasteiger partial charge in [-0.05, 0) is 47.9 Å². The highest BCUT2D eigenvalue weighted by Gasteiger charge is 2.12. The fourth-order valence-electron chi connectivity index (χ4n) is 3.09. The van der Waals surface area contributed by atoms with Crippen LogP contribution in [0.25, 0.3) is 21.1 Å². The maximum absolute atomic E-state index is 11.2. The third kappa shape index (κ3) is 4.86. The van der Waals surface area contributed by atoms with Gasteiger partial charge in [0, 0.05) is 19.5 Å². The Morgan fingerprint density at radius 3 is 2.08 bits per heavy atom. The van der Waals surface area contributed by atoms with E-state index in [9.17, 15) is 4.79 Å². The van der Waals surface area contributed by atoms with E-state index in [0.29, 0.717) is 6.42 Å². The second-order valence-corrected chi connectivity index (χ2v) is 8.22. The molecule has 0 bridgehead atoms. The molecule has 5 heteroatoms. The number of amides is 1. The normalized spacial score (nSPS) is 11.0. The molecule has 138 valence electrons. The van der Waals surface area contributed by atoms with Crippen molar-refractivity contribution < 1.29 is 4.79 Å². The number of carbonyl (C=O) groups is 1. The first-order chi connectivity index (χ1) is 12.8. The van der Waals surface area contributed by atoms with Crippen LogP contribution >= 0.6 is 22.7 Å². The number of nitrogens with one attached hydrogen (secondary N) is 1. The lowest BCUT2D eigenvalue weighted by Crippen LogP contribution is -2.23. The lowest BCUT2D eigenvalue weighted by atomic mass is 10.2. The van der Waals surface area contributed by atoms with Crippen molar-refractivity contribution in [3.05, 3.63) is 47.2 Å². The molecule has 26 heavy (non-hydrogen) atoms. The molecule has 3 heterocycles. The highest BCUT2D eigenvalue weighted by molar-refractivity contribution is 7.14. The molecule has 1 amide bonds. The van der Waals surface area contributed by atoms with Gasteiger partial charge in [0.2, 0.25) is 5.91 Å². The fourth-order valence-corrected chi connectivity index (χ4v) is 4.61. The molecule has 0 aromatic carbocycles. The predicted molar refractivity (Wildman–Crippen MR) is 113 cm³/mol. The lowest BCUT2D eigenvalue weighted by molar-refractivity contribution is -0.120. The molecule has 0 saturated carbocycles. The van der Waals surface area contributed by atoms with Gasteiger partial charge in [-0.15, -0.1) is 22.7 Å². The highest BCUT2D eigenvalue weighted by Crippen LogP contribution is 2.33. The van der Waals surface area contributed by atoms with Gasteiger partial charge in [0.25, 0.3) is 0 Å². The third-order valence-corrected chi connectivity index (χ3v) is 6.26. The maximum Gasteiger partial charge on any atom is 0.219 e. The van der Waals surface area contributed by atoms with E-state index in [-0.39, 0.29) is 5.91 Å². The minimum Gasteiger partial charge on any atom is -0.356 e. The highest BCUT2D eigenvalue weighted by atomic mass is 32.1. The molecule has 0 unspecified atom stereocenters. The van der Waals surface area contributed by atoms with E-state index in [1.165, 1.54) is 27.6 Å².